The lowest BCUT2D eigenvalue weighted by atomic mass is 9.90. The Bertz CT molecular complexity index is 1300. The number of benzene rings is 2. The second-order valence-electron chi connectivity index (χ2n) is 10.2. The van der Waals surface area contributed by atoms with Crippen molar-refractivity contribution in [1.82, 2.24) is 14.7 Å². The number of carbonyl (C=O) groups is 3. The first-order valence-electron chi connectivity index (χ1n) is 12.3. The first-order valence-corrected chi connectivity index (χ1v) is 12.3. The van der Waals surface area contributed by atoms with E-state index in [1.807, 2.05) is 20.8 Å². The highest BCUT2D eigenvalue weighted by molar-refractivity contribution is 6.05. The Hall–Kier alpha value is -4.01. The zero-order valence-corrected chi connectivity index (χ0v) is 21.5. The van der Waals surface area contributed by atoms with Gasteiger partial charge in [-0.1, -0.05) is 6.07 Å². The van der Waals surface area contributed by atoms with Gasteiger partial charge in [0.1, 0.15) is 11.4 Å². The van der Waals surface area contributed by atoms with Crippen molar-refractivity contribution in [2.24, 2.45) is 0 Å². The lowest BCUT2D eigenvalue weighted by Crippen LogP contribution is -2.41. The lowest BCUT2D eigenvalue weighted by Gasteiger charge is -2.34. The number of aromatic nitrogens is 2. The molecule has 1 saturated heterocycles. The Kier molecular flexibility index (Phi) is 7.42. The molecule has 194 valence electrons. The summed E-state index contributed by atoms with van der Waals surface area (Å²) < 4.78 is 21.1. The standard InChI is InChI=1S/C28H31FN4O4/c1-18(34)19-8-10-22(11-9-19)31-26(35)24-17-30-33(23-7-5-6-21(29)16-23)25(24)20-12-14-32(15-13-20)27(36)37-28(2,3)4/h5-11,16-17,20H,12-15H2,1-4H3,(H,31,35). The van der Waals surface area contributed by atoms with Crippen molar-refractivity contribution >= 4 is 23.5 Å². The number of ether oxygens (including phenoxy) is 1. The number of nitrogens with one attached hydrogen (secondary N) is 1. The number of halogens is 1. The molecule has 9 heteroatoms. The second kappa shape index (κ2) is 10.5. The number of hydrogen-bond donors (Lipinski definition) is 1. The molecule has 3 aromatic rings. The third-order valence-electron chi connectivity index (χ3n) is 6.19. The molecular weight excluding hydrogens is 475 g/mol. The molecule has 0 spiro atoms. The lowest BCUT2D eigenvalue weighted by molar-refractivity contribution is 0.0203. The van der Waals surface area contributed by atoms with Crippen LogP contribution < -0.4 is 5.32 Å². The number of nitrogens with zero attached hydrogens (tertiary/aromatic N) is 3. The van der Waals surface area contributed by atoms with Crippen molar-refractivity contribution in [2.45, 2.75) is 52.1 Å². The van der Waals surface area contributed by atoms with Gasteiger partial charge in [-0.3, -0.25) is 9.59 Å². The summed E-state index contributed by atoms with van der Waals surface area (Å²) in [5, 5.41) is 7.32. The van der Waals surface area contributed by atoms with E-state index in [1.54, 1.807) is 46.0 Å². The molecule has 1 aliphatic rings. The molecule has 0 atom stereocenters. The first kappa shape index (κ1) is 26.1. The molecule has 1 fully saturated rings. The van der Waals surface area contributed by atoms with E-state index in [0.717, 1.165) is 0 Å². The SMILES string of the molecule is CC(=O)c1ccc(NC(=O)c2cnn(-c3cccc(F)c3)c2C2CCN(C(=O)OC(C)(C)C)CC2)cc1. The molecular formula is C28H31FN4O4. The molecule has 37 heavy (non-hydrogen) atoms. The number of anilines is 1. The molecule has 0 aliphatic carbocycles. The van der Waals surface area contributed by atoms with Crippen molar-refractivity contribution < 1.29 is 23.5 Å². The van der Waals surface area contributed by atoms with Crippen LogP contribution >= 0.6 is 0 Å². The topological polar surface area (TPSA) is 93.5 Å². The fraction of sp³-hybridized carbons (Fsp3) is 0.357. The maximum atomic E-state index is 14.0. The average molecular weight is 507 g/mol. The Morgan fingerprint density at radius 2 is 1.73 bits per heavy atom. The van der Waals surface area contributed by atoms with E-state index in [-0.39, 0.29) is 23.7 Å². The monoisotopic (exact) mass is 506 g/mol. The van der Waals surface area contributed by atoms with E-state index in [0.29, 0.717) is 54.1 Å². The van der Waals surface area contributed by atoms with Crippen LogP contribution in [0.1, 0.15) is 72.9 Å². The van der Waals surface area contributed by atoms with Gasteiger partial charge in [0.2, 0.25) is 0 Å². The minimum Gasteiger partial charge on any atom is -0.444 e. The third kappa shape index (κ3) is 6.22. The third-order valence-corrected chi connectivity index (χ3v) is 6.19. The highest BCUT2D eigenvalue weighted by Crippen LogP contribution is 2.33. The van der Waals surface area contributed by atoms with E-state index in [1.165, 1.54) is 25.3 Å². The number of Topliss-reactive ketones (excluding diaryl/α,β-unsaturated/α-hetero) is 1. The van der Waals surface area contributed by atoms with Crippen molar-refractivity contribution in [3.8, 4) is 5.69 Å². The average Bonchev–Trinajstić information content (AvgIpc) is 3.29. The second-order valence-corrected chi connectivity index (χ2v) is 10.2. The molecule has 1 aliphatic heterocycles. The van der Waals surface area contributed by atoms with Crippen LogP contribution in [0.15, 0.2) is 54.7 Å². The number of amides is 2. The van der Waals surface area contributed by atoms with Crippen LogP contribution in [0.3, 0.4) is 0 Å². The smallest absolute Gasteiger partial charge is 0.410 e. The normalized spacial score (nSPS) is 14.4. The zero-order chi connectivity index (χ0) is 26.7. The van der Waals surface area contributed by atoms with Crippen LogP contribution in [0.5, 0.6) is 0 Å². The van der Waals surface area contributed by atoms with Crippen molar-refractivity contribution in [3.05, 3.63) is 77.4 Å². The number of rotatable bonds is 5. The summed E-state index contributed by atoms with van der Waals surface area (Å²) in [6.07, 6.45) is 2.30. The Labute approximate surface area is 215 Å². The van der Waals surface area contributed by atoms with Crippen molar-refractivity contribution in [1.29, 1.82) is 0 Å². The first-order chi connectivity index (χ1) is 17.5. The van der Waals surface area contributed by atoms with Crippen LogP contribution in [0, 0.1) is 5.82 Å². The molecule has 1 N–H and O–H groups in total. The minimum absolute atomic E-state index is 0.0609. The number of piperidine rings is 1. The highest BCUT2D eigenvalue weighted by Gasteiger charge is 2.32. The molecule has 0 saturated carbocycles. The predicted molar refractivity (Wildman–Crippen MR) is 138 cm³/mol. The molecule has 8 nitrogen and oxygen atoms in total. The molecule has 2 heterocycles. The summed E-state index contributed by atoms with van der Waals surface area (Å²) in [5.41, 5.74) is 2.04. The maximum Gasteiger partial charge on any atom is 0.410 e. The largest absolute Gasteiger partial charge is 0.444 e. The van der Waals surface area contributed by atoms with Gasteiger partial charge in [-0.25, -0.2) is 13.9 Å². The number of ketones is 1. The van der Waals surface area contributed by atoms with Gasteiger partial charge in [-0.15, -0.1) is 0 Å². The molecule has 4 rings (SSSR count). The van der Waals surface area contributed by atoms with Crippen molar-refractivity contribution in [3.63, 3.8) is 0 Å². The molecule has 0 unspecified atom stereocenters. The van der Waals surface area contributed by atoms with Crippen LogP contribution in [0.25, 0.3) is 5.69 Å². The maximum absolute atomic E-state index is 14.0. The van der Waals surface area contributed by atoms with Gasteiger partial charge in [0, 0.05) is 30.3 Å². The van der Waals surface area contributed by atoms with E-state index in [4.69, 9.17) is 4.74 Å². The fourth-order valence-electron chi connectivity index (χ4n) is 4.39. The Morgan fingerprint density at radius 1 is 1.05 bits per heavy atom. The van der Waals surface area contributed by atoms with Crippen LogP contribution in [0.2, 0.25) is 0 Å². The molecule has 0 bridgehead atoms. The Balaban J connectivity index is 1.60. The molecule has 1 aromatic heterocycles. The highest BCUT2D eigenvalue weighted by atomic mass is 19.1. The van der Waals surface area contributed by atoms with Gasteiger partial charge in [0.05, 0.1) is 23.1 Å². The number of hydrogen-bond acceptors (Lipinski definition) is 5. The summed E-state index contributed by atoms with van der Waals surface area (Å²) >= 11 is 0. The summed E-state index contributed by atoms with van der Waals surface area (Å²) in [5.74, 6) is -0.919. The van der Waals surface area contributed by atoms with E-state index < -0.39 is 11.4 Å². The summed E-state index contributed by atoms with van der Waals surface area (Å²) in [6.45, 7) is 7.88. The summed E-state index contributed by atoms with van der Waals surface area (Å²) in [6, 6.07) is 12.7. The van der Waals surface area contributed by atoms with Crippen LogP contribution in [-0.2, 0) is 4.74 Å². The van der Waals surface area contributed by atoms with E-state index in [2.05, 4.69) is 10.4 Å². The van der Waals surface area contributed by atoms with Gasteiger partial charge in [-0.05, 0) is 83.0 Å². The predicted octanol–water partition coefficient (Wildman–Crippen LogP) is 5.58. The number of carbonyl (C=O) groups excluding carboxylic acids is 3. The zero-order valence-electron chi connectivity index (χ0n) is 21.5. The van der Waals surface area contributed by atoms with Gasteiger partial charge in [-0.2, -0.15) is 5.10 Å². The summed E-state index contributed by atoms with van der Waals surface area (Å²) in [7, 11) is 0. The van der Waals surface area contributed by atoms with Crippen molar-refractivity contribution in [2.75, 3.05) is 18.4 Å². The van der Waals surface area contributed by atoms with Crippen LogP contribution in [0.4, 0.5) is 14.9 Å². The van der Waals surface area contributed by atoms with Crippen LogP contribution in [-0.4, -0.2) is 51.2 Å². The Morgan fingerprint density at radius 3 is 2.32 bits per heavy atom. The van der Waals surface area contributed by atoms with E-state index in [9.17, 15) is 18.8 Å². The number of likely N-dealkylation sites (tertiary alicyclic amines) is 1. The molecule has 0 radical (unpaired) electrons. The fourth-order valence-corrected chi connectivity index (χ4v) is 4.39. The quantitative estimate of drug-likeness (QED) is 0.456. The van der Waals surface area contributed by atoms with Gasteiger partial charge in [0.15, 0.2) is 5.78 Å². The van der Waals surface area contributed by atoms with Gasteiger partial charge in [0.25, 0.3) is 5.91 Å². The summed E-state index contributed by atoms with van der Waals surface area (Å²) in [4.78, 5) is 39.1. The molecule has 2 aromatic carbocycles. The minimum atomic E-state index is -0.586. The van der Waals surface area contributed by atoms with Gasteiger partial charge < -0.3 is 15.0 Å². The van der Waals surface area contributed by atoms with Gasteiger partial charge >= 0.3 is 6.09 Å². The van der Waals surface area contributed by atoms with E-state index >= 15 is 0 Å². The molecule has 2 amide bonds.